The molecule has 2 aliphatic rings. The zero-order valence-corrected chi connectivity index (χ0v) is 25.8. The monoisotopic (exact) mass is 618 g/mol. The van der Waals surface area contributed by atoms with Gasteiger partial charge in [-0.05, 0) is 69.7 Å². The summed E-state index contributed by atoms with van der Waals surface area (Å²) in [5, 5.41) is 15.7. The van der Waals surface area contributed by atoms with Crippen LogP contribution in [0.4, 0.5) is 4.79 Å². The predicted octanol–water partition coefficient (Wildman–Crippen LogP) is 4.74. The maximum absolute atomic E-state index is 14.1. The van der Waals surface area contributed by atoms with Crippen molar-refractivity contribution in [1.29, 1.82) is 0 Å². The van der Waals surface area contributed by atoms with E-state index in [2.05, 4.69) is 27.7 Å². The largest absolute Gasteiger partial charge is 0.465 e. The molecule has 0 saturated carbocycles. The highest BCUT2D eigenvalue weighted by Crippen LogP contribution is 2.31. The van der Waals surface area contributed by atoms with E-state index in [1.54, 1.807) is 23.1 Å². The number of halogens is 2. The van der Waals surface area contributed by atoms with Crippen molar-refractivity contribution >= 4 is 41.1 Å². The number of carboxylic acid groups (broad SMARTS) is 1. The molecule has 3 amide bonds. The molecule has 3 N–H and O–H groups in total. The number of hydrogen-bond acceptors (Lipinski definition) is 5. The van der Waals surface area contributed by atoms with Gasteiger partial charge in [-0.3, -0.25) is 14.5 Å². The number of fused-ring (bicyclic) bond motifs is 1. The number of rotatable bonds is 10. The molecular formula is C31H40Cl2N4O5. The Kier molecular flexibility index (Phi) is 10.8. The van der Waals surface area contributed by atoms with Crippen molar-refractivity contribution in [2.24, 2.45) is 0 Å². The maximum atomic E-state index is 14.1. The van der Waals surface area contributed by atoms with Gasteiger partial charge in [0.05, 0.1) is 28.3 Å². The highest BCUT2D eigenvalue weighted by Gasteiger charge is 2.47. The lowest BCUT2D eigenvalue weighted by molar-refractivity contribution is -0.147. The molecule has 1 unspecified atom stereocenters. The minimum atomic E-state index is -1.11. The van der Waals surface area contributed by atoms with Crippen molar-refractivity contribution in [3.8, 4) is 0 Å². The van der Waals surface area contributed by atoms with E-state index < -0.39 is 23.8 Å². The number of nitrogens with one attached hydrogen (secondary N) is 2. The Morgan fingerprint density at radius 3 is 2.50 bits per heavy atom. The molecule has 42 heavy (non-hydrogen) atoms. The fraction of sp³-hybridized carbons (Fsp3) is 0.516. The van der Waals surface area contributed by atoms with Crippen LogP contribution >= 0.6 is 23.2 Å². The summed E-state index contributed by atoms with van der Waals surface area (Å²) < 4.78 is 6.06. The van der Waals surface area contributed by atoms with Crippen LogP contribution in [0.3, 0.4) is 0 Å². The maximum Gasteiger partial charge on any atom is 0.404 e. The molecule has 0 aliphatic carbocycles. The van der Waals surface area contributed by atoms with Crippen LogP contribution in [-0.4, -0.2) is 82.3 Å². The second-order valence-electron chi connectivity index (χ2n) is 12.0. The van der Waals surface area contributed by atoms with Gasteiger partial charge in [0, 0.05) is 31.7 Å². The van der Waals surface area contributed by atoms with Gasteiger partial charge >= 0.3 is 6.09 Å². The van der Waals surface area contributed by atoms with Gasteiger partial charge in [0.15, 0.2) is 0 Å². The Balaban J connectivity index is 1.56. The Morgan fingerprint density at radius 2 is 1.83 bits per heavy atom. The third kappa shape index (κ3) is 8.60. The minimum Gasteiger partial charge on any atom is -0.465 e. The van der Waals surface area contributed by atoms with E-state index in [-0.39, 0.29) is 37.0 Å². The molecule has 2 fully saturated rings. The smallest absolute Gasteiger partial charge is 0.404 e. The van der Waals surface area contributed by atoms with Gasteiger partial charge in [0.2, 0.25) is 11.8 Å². The van der Waals surface area contributed by atoms with Crippen LogP contribution in [0, 0.1) is 0 Å². The van der Waals surface area contributed by atoms with Crippen molar-refractivity contribution in [1.82, 2.24) is 20.4 Å². The van der Waals surface area contributed by atoms with Gasteiger partial charge in [-0.1, -0.05) is 59.6 Å². The van der Waals surface area contributed by atoms with E-state index in [0.717, 1.165) is 18.4 Å². The van der Waals surface area contributed by atoms with Crippen molar-refractivity contribution in [2.45, 2.75) is 82.8 Å². The summed E-state index contributed by atoms with van der Waals surface area (Å²) in [7, 11) is 0. The summed E-state index contributed by atoms with van der Waals surface area (Å²) in [5.74, 6) is -0.509. The van der Waals surface area contributed by atoms with Crippen LogP contribution < -0.4 is 10.6 Å². The number of carbonyl (C=O) groups is 3. The first-order valence-electron chi connectivity index (χ1n) is 14.4. The first kappa shape index (κ1) is 32.1. The summed E-state index contributed by atoms with van der Waals surface area (Å²) in [5.41, 5.74) is 1.46. The van der Waals surface area contributed by atoms with Gasteiger partial charge in [-0.25, -0.2) is 4.79 Å². The fourth-order valence-corrected chi connectivity index (χ4v) is 6.05. The standard InChI is InChI=1S/C31H40Cl2N4O5/c1-31(2,3)42-19-27(28(38)34-17-21-10-12-24(32)25(33)15-21)36-14-13-23(11-9-20-7-5-4-6-8-20)37-18-22(35-30(40)41)16-26(37)29(36)39/h4-8,10,12,15,22-23,26-27,35H,9,11,13-14,16-19H2,1-3H3,(H,34,38)(H,40,41)/t22-,23?,26+,27-/m1/s1. The Morgan fingerprint density at radius 1 is 1.10 bits per heavy atom. The number of nitrogens with zero attached hydrogens (tertiary/aromatic N) is 2. The summed E-state index contributed by atoms with van der Waals surface area (Å²) >= 11 is 12.2. The van der Waals surface area contributed by atoms with Crippen LogP contribution in [0.25, 0.3) is 0 Å². The third-order valence-corrected chi connectivity index (χ3v) is 8.56. The highest BCUT2D eigenvalue weighted by atomic mass is 35.5. The molecular weight excluding hydrogens is 579 g/mol. The Labute approximate surface area is 257 Å². The van der Waals surface area contributed by atoms with E-state index in [1.165, 1.54) is 5.56 Å². The van der Waals surface area contributed by atoms with Crippen LogP contribution in [-0.2, 0) is 27.3 Å². The molecule has 9 nitrogen and oxygen atoms in total. The predicted molar refractivity (Wildman–Crippen MR) is 163 cm³/mol. The number of benzene rings is 2. The van der Waals surface area contributed by atoms with Gasteiger partial charge in [-0.15, -0.1) is 0 Å². The molecule has 2 aromatic rings. The summed E-state index contributed by atoms with van der Waals surface area (Å²) in [6.07, 6.45) is 1.54. The van der Waals surface area contributed by atoms with Crippen molar-refractivity contribution in [2.75, 3.05) is 19.7 Å². The van der Waals surface area contributed by atoms with Gasteiger partial charge in [0.1, 0.15) is 6.04 Å². The van der Waals surface area contributed by atoms with Crippen LogP contribution in [0.5, 0.6) is 0 Å². The molecule has 0 spiro atoms. The van der Waals surface area contributed by atoms with Crippen LogP contribution in [0.2, 0.25) is 10.0 Å². The average Bonchev–Trinajstić information content (AvgIpc) is 3.29. The van der Waals surface area contributed by atoms with Crippen LogP contribution in [0.15, 0.2) is 48.5 Å². The number of aryl methyl sites for hydroxylation is 1. The molecule has 2 heterocycles. The lowest BCUT2D eigenvalue weighted by Crippen LogP contribution is -2.55. The molecule has 0 aromatic heterocycles. The topological polar surface area (TPSA) is 111 Å². The third-order valence-electron chi connectivity index (χ3n) is 7.82. The number of carbonyl (C=O) groups excluding carboxylic acids is 2. The molecule has 2 aromatic carbocycles. The van der Waals surface area contributed by atoms with E-state index >= 15 is 0 Å². The lowest BCUT2D eigenvalue weighted by Gasteiger charge is -2.33. The molecule has 11 heteroatoms. The molecule has 2 aliphatic heterocycles. The quantitative estimate of drug-likeness (QED) is 0.355. The van der Waals surface area contributed by atoms with Gasteiger partial charge in [-0.2, -0.15) is 0 Å². The zero-order chi connectivity index (χ0) is 30.4. The summed E-state index contributed by atoms with van der Waals surface area (Å²) in [6.45, 7) is 6.79. The summed E-state index contributed by atoms with van der Waals surface area (Å²) in [4.78, 5) is 43.1. The van der Waals surface area contributed by atoms with Crippen LogP contribution in [0.1, 0.15) is 51.2 Å². The SMILES string of the molecule is CC(C)(C)OC[C@H](C(=O)NCc1ccc(Cl)c(Cl)c1)N1CCC(CCc2ccccc2)N2C[C@H](NC(=O)O)C[C@H]2C1=O. The fourth-order valence-electron chi connectivity index (χ4n) is 5.73. The molecule has 228 valence electrons. The average molecular weight is 620 g/mol. The zero-order valence-electron chi connectivity index (χ0n) is 24.3. The number of ether oxygens (including phenoxy) is 1. The Bertz CT molecular complexity index is 1260. The molecule has 2 saturated heterocycles. The van der Waals surface area contributed by atoms with E-state index in [1.807, 2.05) is 39.0 Å². The van der Waals surface area contributed by atoms with Crippen molar-refractivity contribution in [3.05, 3.63) is 69.7 Å². The molecule has 0 radical (unpaired) electrons. The molecule has 4 atom stereocenters. The van der Waals surface area contributed by atoms with Crippen molar-refractivity contribution in [3.63, 3.8) is 0 Å². The highest BCUT2D eigenvalue weighted by molar-refractivity contribution is 6.42. The summed E-state index contributed by atoms with van der Waals surface area (Å²) in [6, 6.07) is 13.6. The first-order chi connectivity index (χ1) is 19.9. The normalized spacial score (nSPS) is 21.9. The second-order valence-corrected chi connectivity index (χ2v) is 12.8. The Hall–Kier alpha value is -2.85. The minimum absolute atomic E-state index is 0.0284. The molecule has 4 rings (SSSR count). The number of amides is 3. The molecule has 0 bridgehead atoms. The van der Waals surface area contributed by atoms with Crippen molar-refractivity contribution < 1.29 is 24.2 Å². The van der Waals surface area contributed by atoms with Gasteiger partial charge in [0.25, 0.3) is 0 Å². The second kappa shape index (κ2) is 14.1. The van der Waals surface area contributed by atoms with E-state index in [9.17, 15) is 19.5 Å². The number of hydrogen-bond donors (Lipinski definition) is 3. The lowest BCUT2D eigenvalue weighted by atomic mass is 10.0. The first-order valence-corrected chi connectivity index (χ1v) is 15.1. The van der Waals surface area contributed by atoms with E-state index in [4.69, 9.17) is 27.9 Å². The van der Waals surface area contributed by atoms with E-state index in [0.29, 0.717) is 36.0 Å². The van der Waals surface area contributed by atoms with Gasteiger partial charge < -0.3 is 25.4 Å².